The molecule has 17 heavy (non-hydrogen) atoms. The lowest BCUT2D eigenvalue weighted by Crippen LogP contribution is -2.00. The van der Waals surface area contributed by atoms with Crippen LogP contribution in [0.3, 0.4) is 0 Å². The molecule has 88 valence electrons. The lowest BCUT2D eigenvalue weighted by Gasteiger charge is -2.02. The molecule has 0 atom stereocenters. The molecule has 5 nitrogen and oxygen atoms in total. The number of imidazole rings is 1. The van der Waals surface area contributed by atoms with Crippen LogP contribution in [0.5, 0.6) is 0 Å². The van der Waals surface area contributed by atoms with Crippen molar-refractivity contribution in [2.45, 2.75) is 10.9 Å². The van der Waals surface area contributed by atoms with Crippen LogP contribution in [-0.2, 0) is 12.8 Å². The average Bonchev–Trinajstić information content (AvgIpc) is 2.72. The minimum absolute atomic E-state index is 0.0722. The van der Waals surface area contributed by atoms with Crippen molar-refractivity contribution in [3.63, 3.8) is 0 Å². The average molecular weight is 249 g/mol. The molecule has 0 aromatic carbocycles. The van der Waals surface area contributed by atoms with Crippen LogP contribution in [-0.4, -0.2) is 25.6 Å². The number of aromatic nitrogens is 3. The number of hydrogen-bond acceptors (Lipinski definition) is 4. The van der Waals surface area contributed by atoms with Crippen molar-refractivity contribution in [1.29, 1.82) is 0 Å². The molecule has 2 aromatic heterocycles. The molecule has 0 aliphatic heterocycles. The molecule has 0 unspecified atom stereocenters. The van der Waals surface area contributed by atoms with Gasteiger partial charge in [-0.1, -0.05) is 11.8 Å². The molecule has 1 N–H and O–H groups in total. The second kappa shape index (κ2) is 5.01. The zero-order valence-corrected chi connectivity index (χ0v) is 10.0. The number of hydrogen-bond donors (Lipinski definition) is 1. The van der Waals surface area contributed by atoms with E-state index in [0.717, 1.165) is 10.7 Å². The van der Waals surface area contributed by atoms with Crippen LogP contribution < -0.4 is 0 Å². The van der Waals surface area contributed by atoms with Gasteiger partial charge in [-0.05, 0) is 17.7 Å². The van der Waals surface area contributed by atoms with Crippen LogP contribution in [0.15, 0.2) is 35.9 Å². The number of pyridine rings is 1. The van der Waals surface area contributed by atoms with E-state index < -0.39 is 5.97 Å². The van der Waals surface area contributed by atoms with Crippen LogP contribution in [0.4, 0.5) is 0 Å². The summed E-state index contributed by atoms with van der Waals surface area (Å²) in [6.07, 6.45) is 5.12. The summed E-state index contributed by atoms with van der Waals surface area (Å²) in [5.74, 6) is -0.331. The Hall–Kier alpha value is -1.82. The van der Waals surface area contributed by atoms with Crippen LogP contribution in [0.2, 0.25) is 0 Å². The monoisotopic (exact) mass is 249 g/mol. The van der Waals surface area contributed by atoms with Gasteiger partial charge in [-0.25, -0.2) is 14.8 Å². The maximum absolute atomic E-state index is 10.8. The van der Waals surface area contributed by atoms with Crippen molar-refractivity contribution in [3.8, 4) is 0 Å². The highest BCUT2D eigenvalue weighted by Crippen LogP contribution is 2.20. The molecule has 0 radical (unpaired) electrons. The summed E-state index contributed by atoms with van der Waals surface area (Å²) >= 11 is 1.56. The molecular weight excluding hydrogens is 238 g/mol. The van der Waals surface area contributed by atoms with Gasteiger partial charge in [0.05, 0.1) is 0 Å². The number of nitrogens with zero attached hydrogens (tertiary/aromatic N) is 3. The SMILES string of the molecule is Cn1ccnc1SCc1ccnc(C(=O)O)c1. The summed E-state index contributed by atoms with van der Waals surface area (Å²) in [6.45, 7) is 0. The number of carbonyl (C=O) groups is 1. The lowest BCUT2D eigenvalue weighted by atomic mass is 10.2. The van der Waals surface area contributed by atoms with Crippen molar-refractivity contribution in [1.82, 2.24) is 14.5 Å². The number of aromatic carboxylic acids is 1. The number of carboxylic acids is 1. The Bertz CT molecular complexity index is 539. The Balaban J connectivity index is 2.07. The van der Waals surface area contributed by atoms with Gasteiger partial charge in [-0.2, -0.15) is 0 Å². The van der Waals surface area contributed by atoms with E-state index in [1.165, 1.54) is 6.20 Å². The van der Waals surface area contributed by atoms with Gasteiger partial charge in [0, 0.05) is 31.4 Å². The quantitative estimate of drug-likeness (QED) is 0.837. The van der Waals surface area contributed by atoms with Gasteiger partial charge in [-0.3, -0.25) is 0 Å². The van der Waals surface area contributed by atoms with Crippen LogP contribution in [0.25, 0.3) is 0 Å². The molecule has 0 spiro atoms. The summed E-state index contributed by atoms with van der Waals surface area (Å²) in [5.41, 5.74) is 0.994. The van der Waals surface area contributed by atoms with Crippen molar-refractivity contribution >= 4 is 17.7 Å². The van der Waals surface area contributed by atoms with E-state index in [9.17, 15) is 4.79 Å². The summed E-state index contributed by atoms with van der Waals surface area (Å²) in [6, 6.07) is 3.39. The fourth-order valence-electron chi connectivity index (χ4n) is 1.32. The first-order valence-corrected chi connectivity index (χ1v) is 5.94. The summed E-state index contributed by atoms with van der Waals surface area (Å²) in [5, 5.41) is 9.72. The van der Waals surface area contributed by atoms with Gasteiger partial charge in [0.1, 0.15) is 5.69 Å². The molecule has 2 rings (SSSR count). The number of rotatable bonds is 4. The van der Waals surface area contributed by atoms with Crippen molar-refractivity contribution in [3.05, 3.63) is 42.0 Å². The lowest BCUT2D eigenvalue weighted by molar-refractivity contribution is 0.0690. The molecule has 0 bridgehead atoms. The first-order chi connectivity index (χ1) is 8.16. The first-order valence-electron chi connectivity index (χ1n) is 4.95. The maximum Gasteiger partial charge on any atom is 0.354 e. The predicted molar refractivity (Wildman–Crippen MR) is 64.0 cm³/mol. The number of thioether (sulfide) groups is 1. The van der Waals surface area contributed by atoms with Crippen LogP contribution in [0.1, 0.15) is 16.1 Å². The largest absolute Gasteiger partial charge is 0.477 e. The fraction of sp³-hybridized carbons (Fsp3) is 0.182. The maximum atomic E-state index is 10.8. The highest BCUT2D eigenvalue weighted by molar-refractivity contribution is 7.98. The van der Waals surface area contributed by atoms with E-state index >= 15 is 0 Å². The van der Waals surface area contributed by atoms with Gasteiger partial charge >= 0.3 is 5.97 Å². The van der Waals surface area contributed by atoms with Gasteiger partial charge in [0.15, 0.2) is 5.16 Å². The van der Waals surface area contributed by atoms with Gasteiger partial charge < -0.3 is 9.67 Å². The van der Waals surface area contributed by atoms with Gasteiger partial charge in [-0.15, -0.1) is 0 Å². The van der Waals surface area contributed by atoms with E-state index in [1.807, 2.05) is 23.9 Å². The van der Waals surface area contributed by atoms with E-state index in [4.69, 9.17) is 5.11 Å². The third kappa shape index (κ3) is 2.85. The van der Waals surface area contributed by atoms with Gasteiger partial charge in [0.2, 0.25) is 0 Å². The third-order valence-electron chi connectivity index (χ3n) is 2.19. The summed E-state index contributed by atoms with van der Waals surface area (Å²) < 4.78 is 1.92. The zero-order chi connectivity index (χ0) is 12.3. The molecule has 0 amide bonds. The summed E-state index contributed by atoms with van der Waals surface area (Å²) in [4.78, 5) is 18.7. The highest BCUT2D eigenvalue weighted by Gasteiger charge is 2.06. The van der Waals surface area contributed by atoms with Crippen molar-refractivity contribution in [2.24, 2.45) is 7.05 Å². The molecular formula is C11H11N3O2S. The number of aryl methyl sites for hydroxylation is 1. The third-order valence-corrected chi connectivity index (χ3v) is 3.32. The molecule has 0 saturated carbocycles. The van der Waals surface area contributed by atoms with E-state index in [2.05, 4.69) is 9.97 Å². The number of carboxylic acid groups (broad SMARTS) is 1. The Kier molecular flexibility index (Phi) is 3.43. The normalized spacial score (nSPS) is 10.4. The standard InChI is InChI=1S/C11H11N3O2S/c1-14-5-4-13-11(14)17-7-8-2-3-12-9(6-8)10(15)16/h2-6H,7H2,1H3,(H,15,16). The van der Waals surface area contributed by atoms with E-state index in [-0.39, 0.29) is 5.69 Å². The molecule has 0 fully saturated rings. The first kappa shape index (κ1) is 11.7. The Morgan fingerprint density at radius 3 is 2.94 bits per heavy atom. The zero-order valence-electron chi connectivity index (χ0n) is 9.20. The Morgan fingerprint density at radius 2 is 2.29 bits per heavy atom. The fourth-order valence-corrected chi connectivity index (χ4v) is 2.20. The van der Waals surface area contributed by atoms with E-state index in [1.54, 1.807) is 24.0 Å². The van der Waals surface area contributed by atoms with Crippen LogP contribution in [0, 0.1) is 0 Å². The smallest absolute Gasteiger partial charge is 0.354 e. The van der Waals surface area contributed by atoms with Crippen molar-refractivity contribution in [2.75, 3.05) is 0 Å². The Labute approximate surface area is 103 Å². The molecule has 0 aliphatic rings. The van der Waals surface area contributed by atoms with E-state index in [0.29, 0.717) is 5.75 Å². The predicted octanol–water partition coefficient (Wildman–Crippen LogP) is 1.81. The van der Waals surface area contributed by atoms with Crippen LogP contribution >= 0.6 is 11.8 Å². The molecule has 0 saturated heterocycles. The summed E-state index contributed by atoms with van der Waals surface area (Å²) in [7, 11) is 1.92. The molecule has 0 aliphatic carbocycles. The second-order valence-electron chi connectivity index (χ2n) is 3.46. The van der Waals surface area contributed by atoms with Crippen molar-refractivity contribution < 1.29 is 9.90 Å². The molecule has 2 aromatic rings. The topological polar surface area (TPSA) is 68.0 Å². The molecule has 2 heterocycles. The minimum atomic E-state index is -1.01. The van der Waals surface area contributed by atoms with Gasteiger partial charge in [0.25, 0.3) is 0 Å². The minimum Gasteiger partial charge on any atom is -0.477 e. The highest BCUT2D eigenvalue weighted by atomic mass is 32.2. The molecule has 6 heteroatoms. The Morgan fingerprint density at radius 1 is 1.47 bits per heavy atom. The second-order valence-corrected chi connectivity index (χ2v) is 4.41.